The minimum atomic E-state index is -0.837. The highest BCUT2D eigenvalue weighted by Gasteiger charge is 2.35. The van der Waals surface area contributed by atoms with E-state index >= 15 is 0 Å². The topological polar surface area (TPSA) is 87.3 Å². The molecule has 0 unspecified atom stereocenters. The normalized spacial score (nSPS) is 16.0. The number of benzene rings is 1. The van der Waals surface area contributed by atoms with Crippen molar-refractivity contribution in [3.05, 3.63) is 53.1 Å². The number of hydrogen-bond donors (Lipinski definition) is 2. The summed E-state index contributed by atoms with van der Waals surface area (Å²) in [6.45, 7) is 0.578. The van der Waals surface area contributed by atoms with E-state index in [2.05, 4.69) is 20.0 Å². The number of rotatable bonds is 5. The van der Waals surface area contributed by atoms with Crippen LogP contribution in [0.15, 0.2) is 24.5 Å². The van der Waals surface area contributed by atoms with Crippen molar-refractivity contribution in [3.8, 4) is 0 Å². The fourth-order valence-corrected chi connectivity index (χ4v) is 3.17. The molecule has 1 aliphatic rings. The summed E-state index contributed by atoms with van der Waals surface area (Å²) in [5, 5.41) is 2.71. The lowest BCUT2D eigenvalue weighted by Gasteiger charge is -2.35. The summed E-state index contributed by atoms with van der Waals surface area (Å²) in [4.78, 5) is 32.4. The van der Waals surface area contributed by atoms with Gasteiger partial charge in [0.2, 0.25) is 0 Å². The number of imidazole rings is 1. The van der Waals surface area contributed by atoms with Gasteiger partial charge in [-0.15, -0.1) is 0 Å². The van der Waals surface area contributed by atoms with Crippen LogP contribution in [-0.2, 0) is 16.0 Å². The van der Waals surface area contributed by atoms with Gasteiger partial charge in [0.25, 0.3) is 0 Å². The lowest BCUT2D eigenvalue weighted by molar-refractivity contribution is -0.140. The number of aromatic amines is 1. The van der Waals surface area contributed by atoms with E-state index in [0.717, 1.165) is 23.9 Å². The van der Waals surface area contributed by atoms with E-state index in [1.807, 2.05) is 0 Å². The molecule has 0 aliphatic carbocycles. The second-order valence-electron chi connectivity index (χ2n) is 6.19. The van der Waals surface area contributed by atoms with Crippen LogP contribution >= 0.6 is 0 Å². The molecule has 1 aromatic carbocycles. The van der Waals surface area contributed by atoms with Crippen LogP contribution in [0.4, 0.5) is 13.6 Å². The highest BCUT2D eigenvalue weighted by atomic mass is 19.1. The number of carbonyl (C=O) groups is 2. The fourth-order valence-electron chi connectivity index (χ4n) is 3.17. The van der Waals surface area contributed by atoms with Crippen LogP contribution in [0.1, 0.15) is 35.8 Å². The van der Waals surface area contributed by atoms with Crippen molar-refractivity contribution in [2.75, 3.05) is 20.2 Å². The first kappa shape index (κ1) is 18.8. The Morgan fingerprint density at radius 3 is 3.00 bits per heavy atom. The van der Waals surface area contributed by atoms with Gasteiger partial charge in [0, 0.05) is 37.2 Å². The molecule has 0 bridgehead atoms. The molecule has 0 spiro atoms. The average Bonchev–Trinajstić information content (AvgIpc) is 3.14. The predicted octanol–water partition coefficient (Wildman–Crippen LogP) is 2.30. The summed E-state index contributed by atoms with van der Waals surface area (Å²) in [6.07, 6.45) is 2.60. The molecule has 0 saturated carbocycles. The molecule has 9 heteroatoms. The molecular formula is C18H20F2N4O3. The Balaban J connectivity index is 1.80. The molecule has 27 heavy (non-hydrogen) atoms. The molecule has 2 N–H and O–H groups in total. The summed E-state index contributed by atoms with van der Waals surface area (Å²) in [7, 11) is 1.30. The maximum atomic E-state index is 14.4. The first-order chi connectivity index (χ1) is 13.0. The third-order valence-corrected chi connectivity index (χ3v) is 4.50. The zero-order valence-electron chi connectivity index (χ0n) is 14.8. The van der Waals surface area contributed by atoms with Gasteiger partial charge >= 0.3 is 12.0 Å². The Hall–Kier alpha value is -2.97. The van der Waals surface area contributed by atoms with Crippen molar-refractivity contribution in [2.24, 2.45) is 0 Å². The summed E-state index contributed by atoms with van der Waals surface area (Å²) >= 11 is 0. The third-order valence-electron chi connectivity index (χ3n) is 4.50. The Morgan fingerprint density at radius 1 is 1.41 bits per heavy atom. The molecule has 0 saturated heterocycles. The number of amides is 2. The number of halogens is 2. The quantitative estimate of drug-likeness (QED) is 0.617. The van der Waals surface area contributed by atoms with Gasteiger partial charge in [0.15, 0.2) is 0 Å². The van der Waals surface area contributed by atoms with Gasteiger partial charge in [-0.05, 0) is 24.6 Å². The van der Waals surface area contributed by atoms with Crippen molar-refractivity contribution < 1.29 is 23.1 Å². The van der Waals surface area contributed by atoms with Gasteiger partial charge in [-0.2, -0.15) is 0 Å². The molecule has 7 nitrogen and oxygen atoms in total. The Morgan fingerprint density at radius 2 is 2.22 bits per heavy atom. The van der Waals surface area contributed by atoms with E-state index in [4.69, 9.17) is 0 Å². The predicted molar refractivity (Wildman–Crippen MR) is 91.8 cm³/mol. The minimum absolute atomic E-state index is 0.0489. The monoisotopic (exact) mass is 378 g/mol. The average molecular weight is 378 g/mol. The maximum Gasteiger partial charge on any atom is 0.318 e. The summed E-state index contributed by atoms with van der Waals surface area (Å²) in [5.74, 6) is -1.56. The molecule has 2 aromatic rings. The van der Waals surface area contributed by atoms with Crippen LogP contribution in [0.5, 0.6) is 0 Å². The summed E-state index contributed by atoms with van der Waals surface area (Å²) in [6, 6.07) is 1.89. The summed E-state index contributed by atoms with van der Waals surface area (Å²) in [5.41, 5.74) is 1.33. The van der Waals surface area contributed by atoms with E-state index in [0.29, 0.717) is 25.1 Å². The Bertz CT molecular complexity index is 840. The molecule has 0 radical (unpaired) electrons. The number of esters is 1. The number of nitrogens with zero attached hydrogens (tertiary/aromatic N) is 2. The molecule has 2 heterocycles. The number of ether oxygens (including phenoxy) is 1. The number of nitrogens with one attached hydrogen (secondary N) is 2. The molecule has 1 aliphatic heterocycles. The van der Waals surface area contributed by atoms with Crippen molar-refractivity contribution in [1.29, 1.82) is 0 Å². The molecular weight excluding hydrogens is 358 g/mol. The van der Waals surface area contributed by atoms with E-state index in [1.54, 1.807) is 0 Å². The van der Waals surface area contributed by atoms with Gasteiger partial charge in [-0.25, -0.2) is 18.6 Å². The van der Waals surface area contributed by atoms with Gasteiger partial charge in [0.05, 0.1) is 19.1 Å². The van der Waals surface area contributed by atoms with Crippen molar-refractivity contribution in [1.82, 2.24) is 20.2 Å². The molecule has 3 rings (SSSR count). The Labute approximate surface area is 154 Å². The third kappa shape index (κ3) is 4.07. The fraction of sp³-hybridized carbons (Fsp3) is 0.389. The van der Waals surface area contributed by atoms with E-state index < -0.39 is 23.7 Å². The standard InChI is InChI=1S/C18H20F2N4O3/c1-27-15(25)3-2-7-21-18(26)24-8-6-14-16(23-10-22-14)17(24)12-9-11(19)4-5-13(12)20/h4-5,9-10,17H,2-3,6-8H2,1H3,(H,21,26)(H,22,23)/t17-/m1/s1. The Kier molecular flexibility index (Phi) is 5.68. The highest BCUT2D eigenvalue weighted by Crippen LogP contribution is 2.34. The molecule has 1 atom stereocenters. The van der Waals surface area contributed by atoms with Gasteiger partial charge in [-0.1, -0.05) is 0 Å². The first-order valence-corrected chi connectivity index (χ1v) is 8.59. The van der Waals surface area contributed by atoms with Crippen LogP contribution in [0, 0.1) is 11.6 Å². The van der Waals surface area contributed by atoms with Crippen LogP contribution in [-0.4, -0.2) is 47.1 Å². The van der Waals surface area contributed by atoms with E-state index in [-0.39, 0.29) is 24.5 Å². The zero-order valence-corrected chi connectivity index (χ0v) is 14.8. The van der Waals surface area contributed by atoms with Crippen LogP contribution < -0.4 is 5.32 Å². The highest BCUT2D eigenvalue weighted by molar-refractivity contribution is 5.76. The number of methoxy groups -OCH3 is 1. The zero-order chi connectivity index (χ0) is 19.4. The van der Waals surface area contributed by atoms with Crippen LogP contribution in [0.2, 0.25) is 0 Å². The summed E-state index contributed by atoms with van der Waals surface area (Å²) < 4.78 is 32.7. The van der Waals surface area contributed by atoms with Crippen LogP contribution in [0.25, 0.3) is 0 Å². The van der Waals surface area contributed by atoms with Gasteiger partial charge in [-0.3, -0.25) is 4.79 Å². The smallest absolute Gasteiger partial charge is 0.318 e. The number of fused-ring (bicyclic) bond motifs is 1. The van der Waals surface area contributed by atoms with E-state index in [1.165, 1.54) is 18.3 Å². The number of aromatic nitrogens is 2. The number of carbonyl (C=O) groups excluding carboxylic acids is 2. The van der Waals surface area contributed by atoms with Crippen molar-refractivity contribution in [2.45, 2.75) is 25.3 Å². The molecule has 0 fully saturated rings. The van der Waals surface area contributed by atoms with Crippen molar-refractivity contribution >= 4 is 12.0 Å². The second-order valence-corrected chi connectivity index (χ2v) is 6.19. The molecule has 144 valence electrons. The minimum Gasteiger partial charge on any atom is -0.469 e. The lowest BCUT2D eigenvalue weighted by Crippen LogP contribution is -2.46. The lowest BCUT2D eigenvalue weighted by atomic mass is 9.95. The molecule has 1 aromatic heterocycles. The molecule has 2 amide bonds. The van der Waals surface area contributed by atoms with E-state index in [9.17, 15) is 18.4 Å². The number of H-pyrrole nitrogens is 1. The largest absolute Gasteiger partial charge is 0.469 e. The van der Waals surface area contributed by atoms with Crippen LogP contribution in [0.3, 0.4) is 0 Å². The number of hydrogen-bond acceptors (Lipinski definition) is 4. The first-order valence-electron chi connectivity index (χ1n) is 8.59. The number of urea groups is 1. The SMILES string of the molecule is COC(=O)CCCNC(=O)N1CCc2[nH]cnc2[C@H]1c1cc(F)ccc1F. The maximum absolute atomic E-state index is 14.4. The van der Waals surface area contributed by atoms with Gasteiger partial charge in [0.1, 0.15) is 17.7 Å². The second kappa shape index (κ2) is 8.15. The van der Waals surface area contributed by atoms with Gasteiger partial charge < -0.3 is 19.9 Å². The van der Waals surface area contributed by atoms with Crippen molar-refractivity contribution in [3.63, 3.8) is 0 Å².